The topological polar surface area (TPSA) is 70.0 Å². The Morgan fingerprint density at radius 2 is 2.00 bits per heavy atom. The van der Waals surface area contributed by atoms with E-state index >= 15 is 0 Å². The summed E-state index contributed by atoms with van der Waals surface area (Å²) in [5, 5.41) is 0. The maximum absolute atomic E-state index is 12.0. The highest BCUT2D eigenvalue weighted by Gasteiger charge is 2.16. The summed E-state index contributed by atoms with van der Waals surface area (Å²) in [4.78, 5) is 23.6. The van der Waals surface area contributed by atoms with E-state index in [1.54, 1.807) is 10.8 Å². The van der Waals surface area contributed by atoms with Gasteiger partial charge in [-0.2, -0.15) is 0 Å². The van der Waals surface area contributed by atoms with Crippen molar-refractivity contribution in [3.8, 4) is 0 Å². The lowest BCUT2D eigenvalue weighted by atomic mass is 10.1. The maximum atomic E-state index is 12.0. The second kappa shape index (κ2) is 5.31. The molecule has 1 aliphatic carbocycles. The van der Waals surface area contributed by atoms with Gasteiger partial charge in [0.25, 0.3) is 5.56 Å². The average molecular weight is 237 g/mol. The minimum absolute atomic E-state index is 0.227. The molecule has 1 aromatic rings. The summed E-state index contributed by atoms with van der Waals surface area (Å²) in [5.74, 6) is 0.580. The molecule has 0 radical (unpaired) electrons. The third kappa shape index (κ3) is 2.66. The first-order chi connectivity index (χ1) is 8.22. The molecule has 17 heavy (non-hydrogen) atoms. The predicted molar refractivity (Wildman–Crippen MR) is 66.0 cm³/mol. The first kappa shape index (κ1) is 12.1. The van der Waals surface area contributed by atoms with Crippen LogP contribution in [0.2, 0.25) is 0 Å². The Morgan fingerprint density at radius 1 is 1.29 bits per heavy atom. The number of rotatable bonds is 4. The standard InChI is InChI=1S/C12H19N3O2/c13-6-8-15-11(16)5-7-14(12(15)17)9-10-3-1-2-4-10/h5,7,10H,1-4,6,8-9,13H2. The van der Waals surface area contributed by atoms with Crippen LogP contribution in [0, 0.1) is 5.92 Å². The molecule has 0 aliphatic heterocycles. The first-order valence-electron chi connectivity index (χ1n) is 6.22. The summed E-state index contributed by atoms with van der Waals surface area (Å²) in [5.41, 5.74) is 4.92. The Balaban J connectivity index is 2.25. The van der Waals surface area contributed by atoms with Gasteiger partial charge in [-0.15, -0.1) is 0 Å². The van der Waals surface area contributed by atoms with Crippen LogP contribution in [-0.2, 0) is 13.1 Å². The molecule has 94 valence electrons. The number of hydrogen-bond acceptors (Lipinski definition) is 3. The van der Waals surface area contributed by atoms with E-state index in [0.717, 1.165) is 6.54 Å². The van der Waals surface area contributed by atoms with Gasteiger partial charge in [-0.1, -0.05) is 12.8 Å². The molecule has 2 N–H and O–H groups in total. The van der Waals surface area contributed by atoms with Crippen molar-refractivity contribution < 1.29 is 0 Å². The van der Waals surface area contributed by atoms with Crippen molar-refractivity contribution >= 4 is 0 Å². The third-order valence-corrected chi connectivity index (χ3v) is 3.42. The van der Waals surface area contributed by atoms with Gasteiger partial charge in [-0.05, 0) is 18.8 Å². The van der Waals surface area contributed by atoms with Crippen LogP contribution in [-0.4, -0.2) is 15.7 Å². The zero-order chi connectivity index (χ0) is 12.3. The molecule has 0 bridgehead atoms. The van der Waals surface area contributed by atoms with E-state index in [2.05, 4.69) is 0 Å². The molecule has 1 fully saturated rings. The second-order valence-corrected chi connectivity index (χ2v) is 4.68. The van der Waals surface area contributed by atoms with Crippen LogP contribution in [0.15, 0.2) is 21.9 Å². The fourth-order valence-electron chi connectivity index (χ4n) is 2.50. The van der Waals surface area contributed by atoms with E-state index < -0.39 is 0 Å². The van der Waals surface area contributed by atoms with E-state index in [9.17, 15) is 9.59 Å². The molecular formula is C12H19N3O2. The molecule has 1 heterocycles. The summed E-state index contributed by atoms with van der Waals surface area (Å²) < 4.78 is 2.86. The quantitative estimate of drug-likeness (QED) is 0.811. The van der Waals surface area contributed by atoms with Gasteiger partial charge < -0.3 is 10.3 Å². The van der Waals surface area contributed by atoms with Crippen LogP contribution < -0.4 is 17.0 Å². The molecule has 0 spiro atoms. The zero-order valence-electron chi connectivity index (χ0n) is 9.97. The molecule has 1 saturated carbocycles. The fraction of sp³-hybridized carbons (Fsp3) is 0.667. The molecule has 5 nitrogen and oxygen atoms in total. The normalized spacial score (nSPS) is 16.5. The van der Waals surface area contributed by atoms with Crippen molar-refractivity contribution in [2.75, 3.05) is 6.54 Å². The molecular weight excluding hydrogens is 218 g/mol. The average Bonchev–Trinajstić information content (AvgIpc) is 2.81. The lowest BCUT2D eigenvalue weighted by Gasteiger charge is -2.13. The molecule has 5 heteroatoms. The maximum Gasteiger partial charge on any atom is 0.331 e. The lowest BCUT2D eigenvalue weighted by molar-refractivity contribution is 0.429. The van der Waals surface area contributed by atoms with Gasteiger partial charge in [0, 0.05) is 31.9 Å². The SMILES string of the molecule is NCCn1c(=O)ccn(CC2CCCC2)c1=O. The van der Waals surface area contributed by atoms with Crippen molar-refractivity contribution in [1.82, 2.24) is 9.13 Å². The lowest BCUT2D eigenvalue weighted by Crippen LogP contribution is -2.41. The van der Waals surface area contributed by atoms with Crippen molar-refractivity contribution in [2.45, 2.75) is 38.8 Å². The molecule has 2 rings (SSSR count). The van der Waals surface area contributed by atoms with Gasteiger partial charge in [-0.25, -0.2) is 4.79 Å². The molecule has 1 aliphatic rings. The number of aromatic nitrogens is 2. The van der Waals surface area contributed by atoms with Gasteiger partial charge in [0.05, 0.1) is 0 Å². The molecule has 0 amide bonds. The smallest absolute Gasteiger partial charge is 0.329 e. The van der Waals surface area contributed by atoms with Crippen LogP contribution in [0.25, 0.3) is 0 Å². The highest BCUT2D eigenvalue weighted by Crippen LogP contribution is 2.25. The predicted octanol–water partition coefficient (Wildman–Crippen LogP) is 0.159. The van der Waals surface area contributed by atoms with Crippen LogP contribution in [0.5, 0.6) is 0 Å². The molecule has 0 aromatic carbocycles. The van der Waals surface area contributed by atoms with E-state index in [1.807, 2.05) is 0 Å². The summed E-state index contributed by atoms with van der Waals surface area (Å²) in [6, 6.07) is 1.45. The summed E-state index contributed by atoms with van der Waals surface area (Å²) in [6.45, 7) is 1.33. The van der Waals surface area contributed by atoms with Crippen molar-refractivity contribution in [3.05, 3.63) is 33.1 Å². The highest BCUT2D eigenvalue weighted by molar-refractivity contribution is 4.87. The molecule has 0 saturated heterocycles. The first-order valence-corrected chi connectivity index (χ1v) is 6.22. The van der Waals surface area contributed by atoms with Crippen LogP contribution in [0.4, 0.5) is 0 Å². The summed E-state index contributed by atoms with van der Waals surface area (Å²) >= 11 is 0. The number of hydrogen-bond donors (Lipinski definition) is 1. The number of nitrogens with zero attached hydrogens (tertiary/aromatic N) is 2. The third-order valence-electron chi connectivity index (χ3n) is 3.42. The Labute approximate surface area is 99.9 Å². The highest BCUT2D eigenvalue weighted by atomic mass is 16.2. The van der Waals surface area contributed by atoms with Gasteiger partial charge in [0.1, 0.15) is 0 Å². The summed E-state index contributed by atoms with van der Waals surface area (Å²) in [6.07, 6.45) is 6.48. The molecule has 0 unspecified atom stereocenters. The Kier molecular flexibility index (Phi) is 3.78. The van der Waals surface area contributed by atoms with Crippen molar-refractivity contribution in [1.29, 1.82) is 0 Å². The van der Waals surface area contributed by atoms with Crippen molar-refractivity contribution in [3.63, 3.8) is 0 Å². The van der Waals surface area contributed by atoms with Gasteiger partial charge in [0.15, 0.2) is 0 Å². The van der Waals surface area contributed by atoms with Gasteiger partial charge in [0.2, 0.25) is 0 Å². The van der Waals surface area contributed by atoms with Crippen LogP contribution in [0.3, 0.4) is 0 Å². The number of nitrogens with two attached hydrogens (primary N) is 1. The largest absolute Gasteiger partial charge is 0.331 e. The van der Waals surface area contributed by atoms with Gasteiger partial charge >= 0.3 is 5.69 Å². The van der Waals surface area contributed by atoms with E-state index in [1.165, 1.54) is 36.3 Å². The molecule has 1 aromatic heterocycles. The van der Waals surface area contributed by atoms with Crippen molar-refractivity contribution in [2.24, 2.45) is 11.7 Å². The van der Waals surface area contributed by atoms with E-state index in [-0.39, 0.29) is 11.2 Å². The summed E-state index contributed by atoms with van der Waals surface area (Å²) in [7, 11) is 0. The van der Waals surface area contributed by atoms with Crippen LogP contribution in [0.1, 0.15) is 25.7 Å². The monoisotopic (exact) mass is 237 g/mol. The Hall–Kier alpha value is -1.36. The van der Waals surface area contributed by atoms with E-state index in [4.69, 9.17) is 5.73 Å². The second-order valence-electron chi connectivity index (χ2n) is 4.68. The minimum atomic E-state index is -0.261. The molecule has 0 atom stereocenters. The Morgan fingerprint density at radius 3 is 2.65 bits per heavy atom. The van der Waals surface area contributed by atoms with Crippen LogP contribution >= 0.6 is 0 Å². The van der Waals surface area contributed by atoms with Gasteiger partial charge in [-0.3, -0.25) is 9.36 Å². The van der Waals surface area contributed by atoms with E-state index in [0.29, 0.717) is 19.0 Å². The Bertz CT molecular complexity index is 483. The fourth-order valence-corrected chi connectivity index (χ4v) is 2.50. The minimum Gasteiger partial charge on any atom is -0.329 e. The zero-order valence-corrected chi connectivity index (χ0v) is 9.97.